The van der Waals surface area contributed by atoms with Crippen molar-refractivity contribution in [2.24, 2.45) is 0 Å². The first-order valence-corrected chi connectivity index (χ1v) is 11.0. The highest BCUT2D eigenvalue weighted by Gasteiger charge is 2.27. The summed E-state index contributed by atoms with van der Waals surface area (Å²) in [5, 5.41) is 5.97. The summed E-state index contributed by atoms with van der Waals surface area (Å²) >= 11 is 6.11. The Hall–Kier alpha value is -2.81. The average Bonchev–Trinajstić information content (AvgIpc) is 3.27. The van der Waals surface area contributed by atoms with Crippen LogP contribution in [0.15, 0.2) is 42.5 Å². The minimum absolute atomic E-state index is 0.0847. The van der Waals surface area contributed by atoms with E-state index in [0.29, 0.717) is 23.1 Å². The molecule has 0 aliphatic carbocycles. The van der Waals surface area contributed by atoms with E-state index in [4.69, 9.17) is 21.1 Å². The number of carbonyl (C=O) groups excluding carboxylic acids is 2. The maximum Gasteiger partial charge on any atom is 0.309 e. The van der Waals surface area contributed by atoms with Gasteiger partial charge in [-0.25, -0.2) is 0 Å². The number of amides is 2. The van der Waals surface area contributed by atoms with E-state index in [1.165, 1.54) is 0 Å². The van der Waals surface area contributed by atoms with Gasteiger partial charge in [-0.1, -0.05) is 35.9 Å². The second kappa shape index (κ2) is 10.2. The van der Waals surface area contributed by atoms with E-state index in [2.05, 4.69) is 27.5 Å². The second-order valence-corrected chi connectivity index (χ2v) is 8.36. The molecule has 2 aromatic rings. The lowest BCUT2D eigenvalue weighted by molar-refractivity contribution is -0.139. The third-order valence-corrected chi connectivity index (χ3v) is 6.19. The number of piperazine rings is 1. The molecule has 0 radical (unpaired) electrons. The normalized spacial score (nSPS) is 17.1. The molecule has 0 unspecified atom stereocenters. The Kier molecular flexibility index (Phi) is 7.14. The number of ether oxygens (including phenoxy) is 2. The van der Waals surface area contributed by atoms with Gasteiger partial charge in [-0.15, -0.1) is 0 Å². The molecule has 1 atom stereocenters. The summed E-state index contributed by atoms with van der Waals surface area (Å²) in [5.41, 5.74) is 1.77. The van der Waals surface area contributed by atoms with Gasteiger partial charge in [-0.05, 0) is 36.4 Å². The minimum atomic E-state index is -0.687. The molecule has 0 spiro atoms. The molecule has 0 bridgehead atoms. The van der Waals surface area contributed by atoms with E-state index in [1.807, 2.05) is 36.4 Å². The molecule has 2 amide bonds. The fraction of sp³-hybridized carbons (Fsp3) is 0.391. The summed E-state index contributed by atoms with van der Waals surface area (Å²) in [4.78, 5) is 29.4. The third kappa shape index (κ3) is 5.32. The number of benzene rings is 2. The van der Waals surface area contributed by atoms with Crippen LogP contribution in [0, 0.1) is 0 Å². The highest BCUT2D eigenvalue weighted by atomic mass is 35.5. The zero-order valence-corrected chi connectivity index (χ0v) is 18.7. The number of halogens is 1. The van der Waals surface area contributed by atoms with E-state index in [9.17, 15) is 9.59 Å². The highest BCUT2D eigenvalue weighted by Crippen LogP contribution is 2.35. The number of nitrogens with zero attached hydrogens (tertiary/aromatic N) is 2. The number of fused-ring (bicyclic) bond motifs is 1. The van der Waals surface area contributed by atoms with Crippen molar-refractivity contribution in [1.82, 2.24) is 20.4 Å². The number of hydrogen-bond donors (Lipinski definition) is 2. The number of likely N-dealkylation sites (N-methyl/N-ethyl adjacent to an activating group) is 1. The summed E-state index contributed by atoms with van der Waals surface area (Å²) in [7, 11) is 2.10. The van der Waals surface area contributed by atoms with Crippen molar-refractivity contribution >= 4 is 23.4 Å². The van der Waals surface area contributed by atoms with E-state index in [1.54, 1.807) is 6.07 Å². The topological polar surface area (TPSA) is 83.1 Å². The Morgan fingerprint density at radius 1 is 1.00 bits per heavy atom. The van der Waals surface area contributed by atoms with Gasteiger partial charge in [0, 0.05) is 44.3 Å². The van der Waals surface area contributed by atoms with Crippen molar-refractivity contribution < 1.29 is 19.1 Å². The zero-order valence-electron chi connectivity index (χ0n) is 18.0. The number of nitrogens with one attached hydrogen (secondary N) is 2. The SMILES string of the molecule is CN1CCN([C@@H](CNC(=O)C(=O)NCc2ccccc2Cl)c2ccc3c(c2)OCO3)CC1. The first-order valence-electron chi connectivity index (χ1n) is 10.6. The quantitative estimate of drug-likeness (QED) is 0.642. The van der Waals surface area contributed by atoms with E-state index < -0.39 is 11.8 Å². The maximum atomic E-state index is 12.5. The monoisotopic (exact) mass is 458 g/mol. The van der Waals surface area contributed by atoms with Crippen molar-refractivity contribution in [1.29, 1.82) is 0 Å². The van der Waals surface area contributed by atoms with Crippen LogP contribution in [-0.4, -0.2) is 68.2 Å². The molecule has 9 heteroatoms. The largest absolute Gasteiger partial charge is 0.454 e. The average molecular weight is 459 g/mol. The fourth-order valence-electron chi connectivity index (χ4n) is 3.88. The molecular weight excluding hydrogens is 432 g/mol. The lowest BCUT2D eigenvalue weighted by Crippen LogP contribution is -2.49. The Bertz CT molecular complexity index is 978. The van der Waals surface area contributed by atoms with Gasteiger partial charge < -0.3 is 25.0 Å². The van der Waals surface area contributed by atoms with Crippen molar-refractivity contribution in [3.8, 4) is 11.5 Å². The van der Waals surface area contributed by atoms with Crippen molar-refractivity contribution in [2.45, 2.75) is 12.6 Å². The third-order valence-electron chi connectivity index (χ3n) is 5.82. The van der Waals surface area contributed by atoms with Crippen molar-refractivity contribution in [2.75, 3.05) is 46.6 Å². The lowest BCUT2D eigenvalue weighted by Gasteiger charge is -2.38. The molecule has 2 heterocycles. The van der Waals surface area contributed by atoms with Gasteiger partial charge in [0.2, 0.25) is 6.79 Å². The van der Waals surface area contributed by atoms with E-state index in [-0.39, 0.29) is 19.4 Å². The standard InChI is InChI=1S/C23H27ClN4O4/c1-27-8-10-28(11-9-27)19(16-6-7-20-21(12-16)32-15-31-20)14-26-23(30)22(29)25-13-17-4-2-3-5-18(17)24/h2-7,12,19H,8-11,13-15H2,1H3,(H,25,29)(H,26,30)/t19-/m0/s1. The molecule has 32 heavy (non-hydrogen) atoms. The summed E-state index contributed by atoms with van der Waals surface area (Å²) in [6.45, 7) is 4.31. The summed E-state index contributed by atoms with van der Waals surface area (Å²) in [5.74, 6) is 0.0592. The maximum absolute atomic E-state index is 12.5. The summed E-state index contributed by atoms with van der Waals surface area (Å²) in [6.07, 6.45) is 0. The van der Waals surface area contributed by atoms with Gasteiger partial charge in [0.25, 0.3) is 0 Å². The predicted octanol–water partition coefficient (Wildman–Crippen LogP) is 1.79. The van der Waals surface area contributed by atoms with Crippen molar-refractivity contribution in [3.05, 3.63) is 58.6 Å². The molecule has 8 nitrogen and oxygen atoms in total. The molecule has 2 aromatic carbocycles. The Balaban J connectivity index is 1.40. The smallest absolute Gasteiger partial charge is 0.309 e. The first kappa shape index (κ1) is 22.4. The number of carbonyl (C=O) groups is 2. The van der Waals surface area contributed by atoms with Gasteiger partial charge in [-0.2, -0.15) is 0 Å². The van der Waals surface area contributed by atoms with Crippen LogP contribution in [0.2, 0.25) is 5.02 Å². The predicted molar refractivity (Wildman–Crippen MR) is 121 cm³/mol. The molecule has 2 N–H and O–H groups in total. The Morgan fingerprint density at radius 2 is 1.72 bits per heavy atom. The van der Waals surface area contributed by atoms with Crippen LogP contribution in [-0.2, 0) is 16.1 Å². The molecule has 2 aliphatic rings. The number of hydrogen-bond acceptors (Lipinski definition) is 6. The van der Waals surface area contributed by atoms with E-state index in [0.717, 1.165) is 37.3 Å². The summed E-state index contributed by atoms with van der Waals surface area (Å²) in [6, 6.07) is 12.9. The number of rotatable bonds is 6. The molecule has 2 aliphatic heterocycles. The highest BCUT2D eigenvalue weighted by molar-refractivity contribution is 6.35. The van der Waals surface area contributed by atoms with Gasteiger partial charge in [-0.3, -0.25) is 14.5 Å². The molecule has 0 saturated carbocycles. The molecule has 1 fully saturated rings. The van der Waals surface area contributed by atoms with Gasteiger partial charge in [0.05, 0.1) is 6.04 Å². The second-order valence-electron chi connectivity index (χ2n) is 7.95. The van der Waals surface area contributed by atoms with Crippen LogP contribution >= 0.6 is 11.6 Å². The molecule has 0 aromatic heterocycles. The zero-order chi connectivity index (χ0) is 22.5. The minimum Gasteiger partial charge on any atom is -0.454 e. The van der Waals surface area contributed by atoms with Crippen LogP contribution in [0.5, 0.6) is 11.5 Å². The van der Waals surface area contributed by atoms with Crippen molar-refractivity contribution in [3.63, 3.8) is 0 Å². The van der Waals surface area contributed by atoms with Crippen LogP contribution in [0.3, 0.4) is 0 Å². The first-order chi connectivity index (χ1) is 15.5. The molecule has 170 valence electrons. The summed E-state index contributed by atoms with van der Waals surface area (Å²) < 4.78 is 10.9. The van der Waals surface area contributed by atoms with Gasteiger partial charge in [0.15, 0.2) is 11.5 Å². The van der Waals surface area contributed by atoms with Crippen LogP contribution in [0.25, 0.3) is 0 Å². The Labute approximate surface area is 192 Å². The lowest BCUT2D eigenvalue weighted by atomic mass is 10.0. The molecule has 1 saturated heterocycles. The molecular formula is C23H27ClN4O4. The van der Waals surface area contributed by atoms with Gasteiger partial charge in [0.1, 0.15) is 0 Å². The van der Waals surface area contributed by atoms with E-state index >= 15 is 0 Å². The Morgan fingerprint density at radius 3 is 2.50 bits per heavy atom. The van der Waals surface area contributed by atoms with Crippen LogP contribution in [0.4, 0.5) is 0 Å². The van der Waals surface area contributed by atoms with Crippen LogP contribution < -0.4 is 20.1 Å². The van der Waals surface area contributed by atoms with Gasteiger partial charge >= 0.3 is 11.8 Å². The van der Waals surface area contributed by atoms with Crippen LogP contribution in [0.1, 0.15) is 17.2 Å². The molecule has 4 rings (SSSR count). The fourth-order valence-corrected chi connectivity index (χ4v) is 4.08.